The number of benzene rings is 1. The molecule has 0 spiro atoms. The summed E-state index contributed by atoms with van der Waals surface area (Å²) >= 11 is 0. The second kappa shape index (κ2) is 4.29. The Kier molecular flexibility index (Phi) is 2.97. The van der Waals surface area contributed by atoms with Crippen LogP contribution < -0.4 is 5.32 Å². The Labute approximate surface area is 98.1 Å². The van der Waals surface area contributed by atoms with Crippen LogP contribution in [0, 0.1) is 5.82 Å². The summed E-state index contributed by atoms with van der Waals surface area (Å²) in [5, 5.41) is 3.63. The minimum atomic E-state index is -3.19. The van der Waals surface area contributed by atoms with E-state index in [4.69, 9.17) is 0 Å². The topological polar surface area (TPSA) is 63.2 Å². The molecule has 1 heterocycles. The van der Waals surface area contributed by atoms with Crippen LogP contribution in [0.15, 0.2) is 35.7 Å². The molecule has 6 heteroatoms. The van der Waals surface area contributed by atoms with Crippen molar-refractivity contribution in [2.24, 2.45) is 0 Å². The van der Waals surface area contributed by atoms with Gasteiger partial charge in [-0.3, -0.25) is 4.79 Å². The Balaban J connectivity index is 2.04. The molecule has 1 aliphatic rings. The summed E-state index contributed by atoms with van der Waals surface area (Å²) < 4.78 is 34.9. The van der Waals surface area contributed by atoms with Gasteiger partial charge in [0, 0.05) is 11.0 Å². The van der Waals surface area contributed by atoms with E-state index in [0.717, 1.165) is 5.41 Å². The summed E-state index contributed by atoms with van der Waals surface area (Å²) in [5.74, 6) is -0.971. The molecule has 4 nitrogen and oxygen atoms in total. The lowest BCUT2D eigenvalue weighted by atomic mass is 10.2. The first-order valence-electron chi connectivity index (χ1n) is 4.94. The molecule has 1 aromatic carbocycles. The Morgan fingerprint density at radius 2 is 1.94 bits per heavy atom. The van der Waals surface area contributed by atoms with E-state index in [1.165, 1.54) is 30.3 Å². The lowest BCUT2D eigenvalue weighted by molar-refractivity contribution is 0.0947. The summed E-state index contributed by atoms with van der Waals surface area (Å²) in [4.78, 5) is 11.7. The summed E-state index contributed by atoms with van der Waals surface area (Å²) in [6.07, 6.45) is 1.43. The van der Waals surface area contributed by atoms with Crippen molar-refractivity contribution in [1.82, 2.24) is 5.32 Å². The first-order chi connectivity index (χ1) is 7.96. The predicted octanol–water partition coefficient (Wildman–Crippen LogP) is 0.866. The van der Waals surface area contributed by atoms with E-state index in [-0.39, 0.29) is 5.75 Å². The van der Waals surface area contributed by atoms with Crippen molar-refractivity contribution in [3.05, 3.63) is 47.1 Å². The molecule has 1 N–H and O–H groups in total. The molecule has 0 radical (unpaired) electrons. The summed E-state index contributed by atoms with van der Waals surface area (Å²) in [6, 6.07) is 4.53. The van der Waals surface area contributed by atoms with E-state index in [2.05, 4.69) is 5.32 Å². The van der Waals surface area contributed by atoms with Gasteiger partial charge in [0.2, 0.25) is 0 Å². The number of halogens is 1. The number of rotatable bonds is 2. The van der Waals surface area contributed by atoms with Crippen molar-refractivity contribution in [2.75, 3.05) is 5.75 Å². The van der Waals surface area contributed by atoms with E-state index >= 15 is 0 Å². The van der Waals surface area contributed by atoms with Gasteiger partial charge in [-0.1, -0.05) is 0 Å². The van der Waals surface area contributed by atoms with Crippen LogP contribution >= 0.6 is 0 Å². The lowest BCUT2D eigenvalue weighted by Crippen LogP contribution is -2.35. The maximum atomic E-state index is 12.6. The van der Waals surface area contributed by atoms with Crippen molar-refractivity contribution in [2.45, 2.75) is 6.04 Å². The van der Waals surface area contributed by atoms with Crippen molar-refractivity contribution in [3.63, 3.8) is 0 Å². The number of carbonyl (C=O) groups is 1. The fraction of sp³-hybridized carbons (Fsp3) is 0.182. The van der Waals surface area contributed by atoms with Gasteiger partial charge in [-0.2, -0.15) is 0 Å². The number of hydrogen-bond acceptors (Lipinski definition) is 3. The van der Waals surface area contributed by atoms with Crippen LogP contribution in [0.5, 0.6) is 0 Å². The molecule has 0 saturated carbocycles. The van der Waals surface area contributed by atoms with Gasteiger partial charge in [-0.25, -0.2) is 12.8 Å². The number of hydrogen-bond donors (Lipinski definition) is 1. The van der Waals surface area contributed by atoms with E-state index < -0.39 is 27.6 Å². The minimum Gasteiger partial charge on any atom is -0.345 e. The van der Waals surface area contributed by atoms with Gasteiger partial charge in [0.05, 0.1) is 11.8 Å². The highest BCUT2D eigenvalue weighted by Gasteiger charge is 2.23. The Bertz CT molecular complexity index is 563. The zero-order valence-electron chi connectivity index (χ0n) is 8.76. The molecule has 1 atom stereocenters. The van der Waals surface area contributed by atoms with E-state index in [1.807, 2.05) is 0 Å². The van der Waals surface area contributed by atoms with Gasteiger partial charge >= 0.3 is 0 Å². The molecule has 0 bridgehead atoms. The van der Waals surface area contributed by atoms with Crippen molar-refractivity contribution in [3.8, 4) is 0 Å². The highest BCUT2D eigenvalue weighted by Crippen LogP contribution is 2.09. The Morgan fingerprint density at radius 3 is 2.47 bits per heavy atom. The first kappa shape index (κ1) is 11.8. The number of nitrogens with one attached hydrogen (secondary N) is 1. The zero-order chi connectivity index (χ0) is 12.5. The molecule has 90 valence electrons. The van der Waals surface area contributed by atoms with Crippen LogP contribution in [-0.4, -0.2) is 26.1 Å². The number of carbonyl (C=O) groups excluding carboxylic acids is 1. The van der Waals surface area contributed by atoms with Crippen molar-refractivity contribution < 1.29 is 17.6 Å². The molecule has 0 aromatic heterocycles. The summed E-state index contributed by atoms with van der Waals surface area (Å²) in [6.45, 7) is 0. The highest BCUT2D eigenvalue weighted by atomic mass is 32.2. The quantitative estimate of drug-likeness (QED) is 0.852. The molecule has 2 rings (SSSR count). The van der Waals surface area contributed by atoms with Crippen LogP contribution in [-0.2, 0) is 9.84 Å². The van der Waals surface area contributed by atoms with Crippen molar-refractivity contribution >= 4 is 15.7 Å². The van der Waals surface area contributed by atoms with Crippen LogP contribution in [0.3, 0.4) is 0 Å². The van der Waals surface area contributed by atoms with Crippen molar-refractivity contribution in [1.29, 1.82) is 0 Å². The van der Waals surface area contributed by atoms with E-state index in [1.54, 1.807) is 0 Å². The molecular weight excluding hydrogens is 245 g/mol. The van der Waals surface area contributed by atoms with Gasteiger partial charge in [0.1, 0.15) is 5.82 Å². The molecule has 17 heavy (non-hydrogen) atoms. The average molecular weight is 255 g/mol. The monoisotopic (exact) mass is 255 g/mol. The fourth-order valence-corrected chi connectivity index (χ4v) is 2.75. The Morgan fingerprint density at radius 1 is 1.29 bits per heavy atom. The normalized spacial score (nSPS) is 21.4. The second-order valence-corrected chi connectivity index (χ2v) is 5.68. The van der Waals surface area contributed by atoms with Gasteiger partial charge in [0.25, 0.3) is 5.91 Å². The number of amides is 1. The average Bonchev–Trinajstić information content (AvgIpc) is 2.59. The van der Waals surface area contributed by atoms with Gasteiger partial charge in [-0.05, 0) is 30.3 Å². The van der Waals surface area contributed by atoms with Crippen LogP contribution in [0.1, 0.15) is 10.4 Å². The molecular formula is C11H10FNO3S. The number of sulfone groups is 1. The van der Waals surface area contributed by atoms with E-state index in [9.17, 15) is 17.6 Å². The van der Waals surface area contributed by atoms with Crippen LogP contribution in [0.4, 0.5) is 4.39 Å². The van der Waals surface area contributed by atoms with E-state index in [0.29, 0.717) is 5.56 Å². The van der Waals surface area contributed by atoms with Gasteiger partial charge < -0.3 is 5.32 Å². The third-order valence-electron chi connectivity index (χ3n) is 2.35. The largest absolute Gasteiger partial charge is 0.345 e. The second-order valence-electron chi connectivity index (χ2n) is 3.74. The molecule has 1 aromatic rings. The standard InChI is InChI=1S/C11H10FNO3S/c12-9-3-1-8(2-4-9)11(14)13-10-5-6-17(15,16)7-10/h1-6,10H,7H2,(H,13,14)/t10-/m0/s1. The molecule has 0 saturated heterocycles. The predicted molar refractivity (Wildman–Crippen MR) is 60.6 cm³/mol. The third kappa shape index (κ3) is 2.91. The lowest BCUT2D eigenvalue weighted by Gasteiger charge is -2.09. The third-order valence-corrected chi connectivity index (χ3v) is 3.75. The first-order valence-corrected chi connectivity index (χ1v) is 6.65. The molecule has 0 aliphatic carbocycles. The molecule has 0 unspecified atom stereocenters. The van der Waals surface area contributed by atoms with Crippen LogP contribution in [0.25, 0.3) is 0 Å². The fourth-order valence-electron chi connectivity index (χ4n) is 1.52. The highest BCUT2D eigenvalue weighted by molar-refractivity contribution is 7.94. The maximum Gasteiger partial charge on any atom is 0.251 e. The Hall–Kier alpha value is -1.69. The SMILES string of the molecule is O=C(N[C@H]1C=CS(=O)(=O)C1)c1ccc(F)cc1. The molecule has 1 amide bonds. The summed E-state index contributed by atoms with van der Waals surface area (Å²) in [5.41, 5.74) is 0.295. The van der Waals surface area contributed by atoms with Gasteiger partial charge in [-0.15, -0.1) is 0 Å². The van der Waals surface area contributed by atoms with Crippen LogP contribution in [0.2, 0.25) is 0 Å². The zero-order valence-corrected chi connectivity index (χ0v) is 9.58. The minimum absolute atomic E-state index is 0.125. The smallest absolute Gasteiger partial charge is 0.251 e. The maximum absolute atomic E-state index is 12.6. The van der Waals surface area contributed by atoms with Gasteiger partial charge in [0.15, 0.2) is 9.84 Å². The molecule has 0 fully saturated rings. The summed E-state index contributed by atoms with van der Waals surface area (Å²) in [7, 11) is -3.19. The molecule has 1 aliphatic heterocycles.